The summed E-state index contributed by atoms with van der Waals surface area (Å²) in [5, 5.41) is 0.669. The highest BCUT2D eigenvalue weighted by atomic mass is 35.5. The maximum atomic E-state index is 6.06. The second kappa shape index (κ2) is 5.50. The Balaban J connectivity index is 1.93. The van der Waals surface area contributed by atoms with Gasteiger partial charge in [0.25, 0.3) is 0 Å². The molecule has 0 aliphatic carbocycles. The largest absolute Gasteiger partial charge is 0.398 e. The van der Waals surface area contributed by atoms with E-state index in [0.717, 1.165) is 6.54 Å². The van der Waals surface area contributed by atoms with Crippen molar-refractivity contribution in [2.75, 3.05) is 18.8 Å². The standard InChI is InChI=1S/C15H23ClN2/c1-3-15(2)6-8-18(9-7-15)11-12-4-5-14(17)13(16)10-12/h4-5,10H,3,6-9,11,17H2,1-2H3. The lowest BCUT2D eigenvalue weighted by Gasteiger charge is -2.39. The maximum absolute atomic E-state index is 6.06. The molecule has 1 aliphatic heterocycles. The van der Waals surface area contributed by atoms with Crippen LogP contribution in [-0.2, 0) is 6.54 Å². The molecule has 0 amide bonds. The molecule has 0 aromatic heterocycles. The van der Waals surface area contributed by atoms with Crippen LogP contribution in [0.4, 0.5) is 5.69 Å². The molecule has 1 fully saturated rings. The minimum Gasteiger partial charge on any atom is -0.398 e. The summed E-state index contributed by atoms with van der Waals surface area (Å²) >= 11 is 6.06. The molecule has 18 heavy (non-hydrogen) atoms. The van der Waals surface area contributed by atoms with Gasteiger partial charge in [-0.3, -0.25) is 4.90 Å². The molecule has 1 aromatic rings. The lowest BCUT2D eigenvalue weighted by molar-refractivity contribution is 0.109. The third kappa shape index (κ3) is 3.18. The lowest BCUT2D eigenvalue weighted by atomic mass is 9.78. The molecule has 1 saturated heterocycles. The Morgan fingerprint density at radius 2 is 2.00 bits per heavy atom. The van der Waals surface area contributed by atoms with Gasteiger partial charge in [-0.2, -0.15) is 0 Å². The van der Waals surface area contributed by atoms with E-state index < -0.39 is 0 Å². The number of nitrogen functional groups attached to an aromatic ring is 1. The van der Waals surface area contributed by atoms with Crippen molar-refractivity contribution < 1.29 is 0 Å². The number of nitrogens with two attached hydrogens (primary N) is 1. The van der Waals surface area contributed by atoms with Crippen LogP contribution < -0.4 is 5.73 Å². The average molecular weight is 267 g/mol. The van der Waals surface area contributed by atoms with Gasteiger partial charge in [0.15, 0.2) is 0 Å². The number of likely N-dealkylation sites (tertiary alicyclic amines) is 1. The SMILES string of the molecule is CCC1(C)CCN(Cc2ccc(N)c(Cl)c2)CC1. The van der Waals surface area contributed by atoms with Crippen LogP contribution in [0.5, 0.6) is 0 Å². The third-order valence-corrected chi connectivity index (χ3v) is 4.72. The summed E-state index contributed by atoms with van der Waals surface area (Å²) in [5.41, 5.74) is 8.20. The van der Waals surface area contributed by atoms with Crippen molar-refractivity contribution in [3.63, 3.8) is 0 Å². The van der Waals surface area contributed by atoms with Gasteiger partial charge in [0.1, 0.15) is 0 Å². The minimum absolute atomic E-state index is 0.551. The molecule has 2 N–H and O–H groups in total. The molecular weight excluding hydrogens is 244 g/mol. The fraction of sp³-hybridized carbons (Fsp3) is 0.600. The predicted octanol–water partition coefficient (Wildman–Crippen LogP) is 3.93. The number of benzene rings is 1. The quantitative estimate of drug-likeness (QED) is 0.840. The maximum Gasteiger partial charge on any atom is 0.0638 e. The number of halogens is 1. The Kier molecular flexibility index (Phi) is 4.18. The summed E-state index contributed by atoms with van der Waals surface area (Å²) in [6, 6.07) is 5.97. The van der Waals surface area contributed by atoms with Gasteiger partial charge in [-0.15, -0.1) is 0 Å². The molecule has 0 unspecified atom stereocenters. The van der Waals surface area contributed by atoms with E-state index in [4.69, 9.17) is 17.3 Å². The van der Waals surface area contributed by atoms with Crippen molar-refractivity contribution >= 4 is 17.3 Å². The molecular formula is C15H23ClN2. The number of hydrogen-bond donors (Lipinski definition) is 1. The Hall–Kier alpha value is -0.730. The van der Waals surface area contributed by atoms with Gasteiger partial charge in [0.05, 0.1) is 10.7 Å². The normalized spacial score (nSPS) is 19.9. The zero-order valence-electron chi connectivity index (χ0n) is 11.4. The van der Waals surface area contributed by atoms with E-state index in [1.165, 1.54) is 37.9 Å². The van der Waals surface area contributed by atoms with E-state index in [1.807, 2.05) is 12.1 Å². The van der Waals surface area contributed by atoms with Crippen LogP contribution in [0, 0.1) is 5.41 Å². The fourth-order valence-corrected chi connectivity index (χ4v) is 2.73. The number of anilines is 1. The molecule has 0 bridgehead atoms. The van der Waals surface area contributed by atoms with Crippen LogP contribution in [0.25, 0.3) is 0 Å². The van der Waals surface area contributed by atoms with Gasteiger partial charge in [-0.25, -0.2) is 0 Å². The van der Waals surface area contributed by atoms with Gasteiger partial charge in [0, 0.05) is 6.54 Å². The summed E-state index contributed by atoms with van der Waals surface area (Å²) in [4.78, 5) is 2.51. The topological polar surface area (TPSA) is 29.3 Å². The Morgan fingerprint density at radius 3 is 2.56 bits per heavy atom. The zero-order valence-corrected chi connectivity index (χ0v) is 12.1. The fourth-order valence-electron chi connectivity index (χ4n) is 2.53. The van der Waals surface area contributed by atoms with E-state index in [0.29, 0.717) is 16.1 Å². The second-order valence-corrected chi connectivity index (χ2v) is 6.20. The van der Waals surface area contributed by atoms with Crippen molar-refractivity contribution in [3.05, 3.63) is 28.8 Å². The highest BCUT2D eigenvalue weighted by Crippen LogP contribution is 2.34. The van der Waals surface area contributed by atoms with Gasteiger partial charge >= 0.3 is 0 Å². The van der Waals surface area contributed by atoms with Crippen LogP contribution in [0.2, 0.25) is 5.02 Å². The number of piperidine rings is 1. The highest BCUT2D eigenvalue weighted by Gasteiger charge is 2.27. The molecule has 0 atom stereocenters. The molecule has 3 heteroatoms. The average Bonchev–Trinajstić information content (AvgIpc) is 2.37. The summed E-state index contributed by atoms with van der Waals surface area (Å²) in [7, 11) is 0. The first-order valence-electron chi connectivity index (χ1n) is 6.79. The Bertz CT molecular complexity index is 409. The first kappa shape index (κ1) is 13.7. The molecule has 1 aromatic carbocycles. The third-order valence-electron chi connectivity index (χ3n) is 4.39. The first-order valence-corrected chi connectivity index (χ1v) is 7.16. The molecule has 100 valence electrons. The van der Waals surface area contributed by atoms with E-state index in [-0.39, 0.29) is 0 Å². The molecule has 1 aliphatic rings. The molecule has 2 nitrogen and oxygen atoms in total. The predicted molar refractivity (Wildman–Crippen MR) is 78.8 cm³/mol. The van der Waals surface area contributed by atoms with E-state index in [1.54, 1.807) is 0 Å². The summed E-state index contributed by atoms with van der Waals surface area (Å²) in [6.07, 6.45) is 3.88. The lowest BCUT2D eigenvalue weighted by Crippen LogP contribution is -2.37. The monoisotopic (exact) mass is 266 g/mol. The van der Waals surface area contributed by atoms with Crippen LogP contribution >= 0.6 is 11.6 Å². The van der Waals surface area contributed by atoms with Crippen LogP contribution in [-0.4, -0.2) is 18.0 Å². The number of hydrogen-bond acceptors (Lipinski definition) is 2. The van der Waals surface area contributed by atoms with E-state index >= 15 is 0 Å². The summed E-state index contributed by atoms with van der Waals surface area (Å²) in [6.45, 7) is 8.07. The first-order chi connectivity index (χ1) is 8.52. The molecule has 2 rings (SSSR count). The number of rotatable bonds is 3. The van der Waals surface area contributed by atoms with Gasteiger partial charge in [0.2, 0.25) is 0 Å². The van der Waals surface area contributed by atoms with Gasteiger partial charge < -0.3 is 5.73 Å². The van der Waals surface area contributed by atoms with Crippen molar-refractivity contribution in [1.82, 2.24) is 4.90 Å². The van der Waals surface area contributed by atoms with Crippen molar-refractivity contribution in [3.8, 4) is 0 Å². The van der Waals surface area contributed by atoms with E-state index in [9.17, 15) is 0 Å². The van der Waals surface area contributed by atoms with E-state index in [2.05, 4.69) is 24.8 Å². The zero-order chi connectivity index (χ0) is 13.2. The smallest absolute Gasteiger partial charge is 0.0638 e. The summed E-state index contributed by atoms with van der Waals surface area (Å²) < 4.78 is 0. The number of nitrogens with zero attached hydrogens (tertiary/aromatic N) is 1. The Morgan fingerprint density at radius 1 is 1.33 bits per heavy atom. The van der Waals surface area contributed by atoms with Crippen LogP contribution in [0.3, 0.4) is 0 Å². The van der Waals surface area contributed by atoms with Crippen molar-refractivity contribution in [1.29, 1.82) is 0 Å². The van der Waals surface area contributed by atoms with Gasteiger partial charge in [-0.1, -0.05) is 37.9 Å². The Labute approximate surface area is 115 Å². The van der Waals surface area contributed by atoms with Crippen LogP contribution in [0.1, 0.15) is 38.7 Å². The molecule has 0 spiro atoms. The second-order valence-electron chi connectivity index (χ2n) is 5.80. The molecule has 1 heterocycles. The van der Waals surface area contributed by atoms with Gasteiger partial charge in [-0.05, 0) is 49.0 Å². The summed E-state index contributed by atoms with van der Waals surface area (Å²) in [5.74, 6) is 0. The highest BCUT2D eigenvalue weighted by molar-refractivity contribution is 6.33. The van der Waals surface area contributed by atoms with Crippen molar-refractivity contribution in [2.24, 2.45) is 5.41 Å². The van der Waals surface area contributed by atoms with Crippen molar-refractivity contribution in [2.45, 2.75) is 39.7 Å². The minimum atomic E-state index is 0.551. The molecule has 0 radical (unpaired) electrons. The van der Waals surface area contributed by atoms with Crippen LogP contribution in [0.15, 0.2) is 18.2 Å². The molecule has 0 saturated carbocycles.